The van der Waals surface area contributed by atoms with Crippen LogP contribution in [0.2, 0.25) is 0 Å². The normalized spacial score (nSPS) is 10.9. The highest BCUT2D eigenvalue weighted by Crippen LogP contribution is 2.10. The Kier molecular flexibility index (Phi) is 3.28. The minimum atomic E-state index is -0.293. The highest BCUT2D eigenvalue weighted by atomic mass is 15.0. The maximum Gasteiger partial charge on any atom is 0.127 e. The standard InChI is InChI=1S/C11H16N4/c1-8-4-9(6-12)5-10(15-8)14-7-11(2,3)13/h4-5H,7,13H2,1-3H3,(H,14,15). The number of nitriles is 1. The second kappa shape index (κ2) is 4.28. The van der Waals surface area contributed by atoms with Gasteiger partial charge in [-0.15, -0.1) is 0 Å². The molecule has 1 aromatic heterocycles. The van der Waals surface area contributed by atoms with Crippen LogP contribution in [-0.2, 0) is 0 Å². The van der Waals surface area contributed by atoms with Crippen LogP contribution >= 0.6 is 0 Å². The molecule has 3 N–H and O–H groups in total. The van der Waals surface area contributed by atoms with Crippen LogP contribution in [0.3, 0.4) is 0 Å². The zero-order chi connectivity index (χ0) is 11.5. The summed E-state index contributed by atoms with van der Waals surface area (Å²) in [7, 11) is 0. The molecule has 1 heterocycles. The third kappa shape index (κ3) is 3.96. The van der Waals surface area contributed by atoms with Crippen molar-refractivity contribution < 1.29 is 0 Å². The van der Waals surface area contributed by atoms with Gasteiger partial charge in [0.2, 0.25) is 0 Å². The van der Waals surface area contributed by atoms with Crippen molar-refractivity contribution in [2.24, 2.45) is 5.73 Å². The fourth-order valence-electron chi connectivity index (χ4n) is 1.14. The molecular weight excluding hydrogens is 188 g/mol. The Labute approximate surface area is 90.1 Å². The van der Waals surface area contributed by atoms with Crippen molar-refractivity contribution in [3.63, 3.8) is 0 Å². The van der Waals surface area contributed by atoms with Crippen LogP contribution in [0.4, 0.5) is 5.82 Å². The molecule has 0 radical (unpaired) electrons. The highest BCUT2D eigenvalue weighted by Gasteiger charge is 2.10. The van der Waals surface area contributed by atoms with E-state index in [1.807, 2.05) is 20.8 Å². The summed E-state index contributed by atoms with van der Waals surface area (Å²) in [4.78, 5) is 4.27. The lowest BCUT2D eigenvalue weighted by Gasteiger charge is -2.19. The maximum atomic E-state index is 8.78. The molecule has 0 unspecified atom stereocenters. The first-order chi connectivity index (χ1) is 6.90. The first kappa shape index (κ1) is 11.5. The van der Waals surface area contributed by atoms with E-state index >= 15 is 0 Å². The summed E-state index contributed by atoms with van der Waals surface area (Å²) in [6.07, 6.45) is 0. The van der Waals surface area contributed by atoms with Crippen LogP contribution in [0.5, 0.6) is 0 Å². The topological polar surface area (TPSA) is 74.7 Å². The summed E-state index contributed by atoms with van der Waals surface area (Å²) < 4.78 is 0. The molecule has 0 amide bonds. The van der Waals surface area contributed by atoms with Gasteiger partial charge in [-0.05, 0) is 32.9 Å². The van der Waals surface area contributed by atoms with Crippen LogP contribution in [0, 0.1) is 18.3 Å². The zero-order valence-electron chi connectivity index (χ0n) is 9.33. The molecule has 0 saturated heterocycles. The van der Waals surface area contributed by atoms with Crippen LogP contribution in [0.15, 0.2) is 12.1 Å². The van der Waals surface area contributed by atoms with Crippen molar-refractivity contribution >= 4 is 5.82 Å². The highest BCUT2D eigenvalue weighted by molar-refractivity contribution is 5.44. The average molecular weight is 204 g/mol. The van der Waals surface area contributed by atoms with Gasteiger partial charge in [-0.3, -0.25) is 0 Å². The number of hydrogen-bond donors (Lipinski definition) is 2. The minimum Gasteiger partial charge on any atom is -0.368 e. The smallest absolute Gasteiger partial charge is 0.127 e. The number of nitrogens with one attached hydrogen (secondary N) is 1. The molecule has 0 spiro atoms. The molecule has 0 aliphatic heterocycles. The molecule has 15 heavy (non-hydrogen) atoms. The summed E-state index contributed by atoms with van der Waals surface area (Å²) in [5.74, 6) is 0.699. The van der Waals surface area contributed by atoms with Crippen molar-refractivity contribution in [2.45, 2.75) is 26.3 Å². The van der Waals surface area contributed by atoms with E-state index in [1.165, 1.54) is 0 Å². The monoisotopic (exact) mass is 204 g/mol. The van der Waals surface area contributed by atoms with Gasteiger partial charge in [-0.25, -0.2) is 4.98 Å². The van der Waals surface area contributed by atoms with E-state index < -0.39 is 0 Å². The Morgan fingerprint density at radius 1 is 1.53 bits per heavy atom. The van der Waals surface area contributed by atoms with Crippen molar-refractivity contribution in [1.29, 1.82) is 5.26 Å². The summed E-state index contributed by atoms with van der Waals surface area (Å²) in [6.45, 7) is 6.34. The third-order valence-corrected chi connectivity index (χ3v) is 1.81. The fraction of sp³-hybridized carbons (Fsp3) is 0.455. The molecule has 0 aliphatic carbocycles. The molecule has 80 valence electrons. The predicted octanol–water partition coefficient (Wildman–Crippen LogP) is 1.41. The van der Waals surface area contributed by atoms with E-state index in [0.29, 0.717) is 17.9 Å². The number of aromatic nitrogens is 1. The largest absolute Gasteiger partial charge is 0.368 e. The van der Waals surface area contributed by atoms with Crippen molar-refractivity contribution in [3.05, 3.63) is 23.4 Å². The summed E-state index contributed by atoms with van der Waals surface area (Å²) in [6, 6.07) is 5.56. The van der Waals surface area contributed by atoms with Crippen molar-refractivity contribution in [1.82, 2.24) is 4.98 Å². The van der Waals surface area contributed by atoms with E-state index in [-0.39, 0.29) is 5.54 Å². The SMILES string of the molecule is Cc1cc(C#N)cc(NCC(C)(C)N)n1. The van der Waals surface area contributed by atoms with Crippen LogP contribution in [-0.4, -0.2) is 17.1 Å². The van der Waals surface area contributed by atoms with Crippen LogP contribution in [0.25, 0.3) is 0 Å². The van der Waals surface area contributed by atoms with Gasteiger partial charge in [0.05, 0.1) is 11.6 Å². The van der Waals surface area contributed by atoms with Crippen molar-refractivity contribution in [2.75, 3.05) is 11.9 Å². The van der Waals surface area contributed by atoms with Crippen LogP contribution < -0.4 is 11.1 Å². The van der Waals surface area contributed by atoms with Gasteiger partial charge < -0.3 is 11.1 Å². The van der Waals surface area contributed by atoms with E-state index in [0.717, 1.165) is 5.69 Å². The number of anilines is 1. The van der Waals surface area contributed by atoms with Gasteiger partial charge in [0.1, 0.15) is 5.82 Å². The third-order valence-electron chi connectivity index (χ3n) is 1.81. The lowest BCUT2D eigenvalue weighted by Crippen LogP contribution is -2.39. The number of nitrogens with two attached hydrogens (primary N) is 1. The summed E-state index contributed by atoms with van der Waals surface area (Å²) >= 11 is 0. The van der Waals surface area contributed by atoms with Gasteiger partial charge in [-0.1, -0.05) is 0 Å². The van der Waals surface area contributed by atoms with Gasteiger partial charge in [-0.2, -0.15) is 5.26 Å². The maximum absolute atomic E-state index is 8.78. The Morgan fingerprint density at radius 2 is 2.20 bits per heavy atom. The molecule has 4 nitrogen and oxygen atoms in total. The predicted molar refractivity (Wildman–Crippen MR) is 60.4 cm³/mol. The summed E-state index contributed by atoms with van der Waals surface area (Å²) in [5, 5.41) is 11.9. The average Bonchev–Trinajstić information content (AvgIpc) is 2.13. The molecule has 0 aromatic carbocycles. The number of pyridine rings is 1. The van der Waals surface area contributed by atoms with Gasteiger partial charge >= 0.3 is 0 Å². The van der Waals surface area contributed by atoms with E-state index in [2.05, 4.69) is 16.4 Å². The minimum absolute atomic E-state index is 0.293. The Hall–Kier alpha value is -1.60. The van der Waals surface area contributed by atoms with Gasteiger partial charge in [0.15, 0.2) is 0 Å². The number of aryl methyl sites for hydroxylation is 1. The second-order valence-corrected chi connectivity index (χ2v) is 4.34. The summed E-state index contributed by atoms with van der Waals surface area (Å²) in [5.41, 5.74) is 6.98. The number of rotatable bonds is 3. The van der Waals surface area contributed by atoms with E-state index in [9.17, 15) is 0 Å². The molecule has 0 bridgehead atoms. The molecular formula is C11H16N4. The molecule has 0 saturated carbocycles. The first-order valence-electron chi connectivity index (χ1n) is 4.82. The zero-order valence-corrected chi connectivity index (χ0v) is 9.33. The quantitative estimate of drug-likeness (QED) is 0.780. The molecule has 1 aromatic rings. The van der Waals surface area contributed by atoms with Crippen LogP contribution in [0.1, 0.15) is 25.1 Å². The molecule has 0 atom stereocenters. The molecule has 4 heteroatoms. The second-order valence-electron chi connectivity index (χ2n) is 4.34. The molecule has 0 aliphatic rings. The number of nitrogens with zero attached hydrogens (tertiary/aromatic N) is 2. The van der Waals surface area contributed by atoms with Gasteiger partial charge in [0, 0.05) is 17.8 Å². The Morgan fingerprint density at radius 3 is 2.73 bits per heavy atom. The Bertz CT molecular complexity index is 385. The number of hydrogen-bond acceptors (Lipinski definition) is 4. The lowest BCUT2D eigenvalue weighted by atomic mass is 10.1. The fourth-order valence-corrected chi connectivity index (χ4v) is 1.14. The Balaban J connectivity index is 2.78. The molecule has 0 fully saturated rings. The molecule has 1 rings (SSSR count). The van der Waals surface area contributed by atoms with E-state index in [4.69, 9.17) is 11.0 Å². The lowest BCUT2D eigenvalue weighted by molar-refractivity contribution is 0.548. The van der Waals surface area contributed by atoms with Crippen molar-refractivity contribution in [3.8, 4) is 6.07 Å². The van der Waals surface area contributed by atoms with E-state index in [1.54, 1.807) is 12.1 Å². The first-order valence-corrected chi connectivity index (χ1v) is 4.82. The van der Waals surface area contributed by atoms with Gasteiger partial charge in [0.25, 0.3) is 0 Å².